The van der Waals surface area contributed by atoms with Crippen molar-refractivity contribution < 1.29 is 4.79 Å². The molecule has 2 aromatic carbocycles. The van der Waals surface area contributed by atoms with Crippen LogP contribution in [0.3, 0.4) is 0 Å². The van der Waals surface area contributed by atoms with Crippen molar-refractivity contribution in [2.45, 2.75) is 18.9 Å². The van der Waals surface area contributed by atoms with Crippen LogP contribution in [0, 0.1) is 0 Å². The van der Waals surface area contributed by atoms with E-state index in [1.165, 1.54) is 11.1 Å². The molecule has 1 atom stereocenters. The molecule has 1 saturated heterocycles. The van der Waals surface area contributed by atoms with E-state index in [2.05, 4.69) is 67.1 Å². The maximum absolute atomic E-state index is 12.0. The highest BCUT2D eigenvalue weighted by Gasteiger charge is 2.24. The number of anilines is 1. The molecule has 0 radical (unpaired) electrons. The Kier molecular flexibility index (Phi) is 7.74. The number of para-hydroxylation sites is 1. The number of benzene rings is 2. The van der Waals surface area contributed by atoms with Crippen LogP contribution in [-0.2, 0) is 11.3 Å². The van der Waals surface area contributed by atoms with Gasteiger partial charge in [0.05, 0.1) is 0 Å². The standard InChI is InChI=1S/C25H34N6O/c1-26-25(28-18-21-17-24(32)29-23-10-6-5-9-22(21)23)27-11-12-30-13-15-31(16-14-30)19-20-7-3-2-4-8-20/h2-10,21H,11-19H2,1H3,(H,29,32)(H2,26,27,28). The lowest BCUT2D eigenvalue weighted by molar-refractivity contribution is -0.116. The summed E-state index contributed by atoms with van der Waals surface area (Å²) in [4.78, 5) is 21.4. The van der Waals surface area contributed by atoms with Gasteiger partial charge in [-0.05, 0) is 17.2 Å². The van der Waals surface area contributed by atoms with Gasteiger partial charge in [0.25, 0.3) is 0 Å². The fourth-order valence-electron chi connectivity index (χ4n) is 4.47. The summed E-state index contributed by atoms with van der Waals surface area (Å²) < 4.78 is 0. The van der Waals surface area contributed by atoms with E-state index in [9.17, 15) is 4.79 Å². The maximum atomic E-state index is 12.0. The summed E-state index contributed by atoms with van der Waals surface area (Å²) in [5.74, 6) is 1.01. The van der Waals surface area contributed by atoms with Gasteiger partial charge in [-0.25, -0.2) is 0 Å². The van der Waals surface area contributed by atoms with Crippen molar-refractivity contribution in [2.24, 2.45) is 4.99 Å². The Hall–Kier alpha value is -2.90. The second-order valence-electron chi connectivity index (χ2n) is 8.52. The van der Waals surface area contributed by atoms with Gasteiger partial charge >= 0.3 is 0 Å². The molecule has 2 aliphatic rings. The average Bonchev–Trinajstić information content (AvgIpc) is 2.82. The zero-order chi connectivity index (χ0) is 22.2. The molecule has 0 saturated carbocycles. The van der Waals surface area contributed by atoms with Gasteiger partial charge in [-0.1, -0.05) is 48.5 Å². The van der Waals surface area contributed by atoms with E-state index in [0.717, 1.165) is 57.5 Å². The van der Waals surface area contributed by atoms with Gasteiger partial charge in [0.15, 0.2) is 5.96 Å². The second kappa shape index (κ2) is 11.1. The SMILES string of the molecule is CN=C(NCCN1CCN(Cc2ccccc2)CC1)NCC1CC(=O)Nc2ccccc21. The monoisotopic (exact) mass is 434 g/mol. The number of amides is 1. The number of nitrogens with zero attached hydrogens (tertiary/aromatic N) is 3. The van der Waals surface area contributed by atoms with Gasteiger partial charge in [-0.15, -0.1) is 0 Å². The lowest BCUT2D eigenvalue weighted by Crippen LogP contribution is -2.49. The lowest BCUT2D eigenvalue weighted by Gasteiger charge is -2.34. The predicted molar refractivity (Wildman–Crippen MR) is 130 cm³/mol. The summed E-state index contributed by atoms with van der Waals surface area (Å²) in [6.45, 7) is 7.95. The quantitative estimate of drug-likeness (QED) is 0.460. The summed E-state index contributed by atoms with van der Waals surface area (Å²) >= 11 is 0. The minimum atomic E-state index is 0.0739. The van der Waals surface area contributed by atoms with Gasteiger partial charge in [0, 0.05) is 77.4 Å². The molecule has 0 aromatic heterocycles. The van der Waals surface area contributed by atoms with E-state index >= 15 is 0 Å². The molecule has 32 heavy (non-hydrogen) atoms. The van der Waals surface area contributed by atoms with Gasteiger partial charge < -0.3 is 16.0 Å². The molecule has 2 aromatic rings. The number of piperazine rings is 1. The predicted octanol–water partition coefficient (Wildman–Crippen LogP) is 2.10. The molecule has 7 heteroatoms. The van der Waals surface area contributed by atoms with E-state index < -0.39 is 0 Å². The first-order valence-corrected chi connectivity index (χ1v) is 11.5. The smallest absolute Gasteiger partial charge is 0.225 e. The molecule has 2 heterocycles. The maximum Gasteiger partial charge on any atom is 0.225 e. The molecule has 2 aliphatic heterocycles. The fraction of sp³-hybridized carbons (Fsp3) is 0.440. The summed E-state index contributed by atoms with van der Waals surface area (Å²) in [5.41, 5.74) is 3.49. The van der Waals surface area contributed by atoms with Crippen molar-refractivity contribution in [3.8, 4) is 0 Å². The van der Waals surface area contributed by atoms with Gasteiger partial charge in [-0.2, -0.15) is 0 Å². The number of rotatable bonds is 7. The van der Waals surface area contributed by atoms with Crippen LogP contribution >= 0.6 is 0 Å². The number of aliphatic imine (C=N–C) groups is 1. The van der Waals surface area contributed by atoms with Crippen molar-refractivity contribution in [1.82, 2.24) is 20.4 Å². The fourth-order valence-corrected chi connectivity index (χ4v) is 4.47. The Balaban J connectivity index is 1.16. The Morgan fingerprint density at radius 3 is 2.50 bits per heavy atom. The molecule has 0 spiro atoms. The molecule has 4 rings (SSSR count). The van der Waals surface area contributed by atoms with Crippen molar-refractivity contribution in [2.75, 3.05) is 58.2 Å². The van der Waals surface area contributed by atoms with Gasteiger partial charge in [0.1, 0.15) is 0 Å². The highest BCUT2D eigenvalue weighted by molar-refractivity contribution is 5.94. The summed E-state index contributed by atoms with van der Waals surface area (Å²) in [6, 6.07) is 18.7. The molecule has 7 nitrogen and oxygen atoms in total. The zero-order valence-corrected chi connectivity index (χ0v) is 18.9. The number of hydrogen-bond acceptors (Lipinski definition) is 4. The zero-order valence-electron chi connectivity index (χ0n) is 18.9. The van der Waals surface area contributed by atoms with Crippen molar-refractivity contribution in [3.05, 3.63) is 65.7 Å². The van der Waals surface area contributed by atoms with Crippen LogP contribution in [0.15, 0.2) is 59.6 Å². The first kappa shape index (κ1) is 22.3. The molecular formula is C25H34N6O. The van der Waals surface area contributed by atoms with Crippen LogP contribution in [0.25, 0.3) is 0 Å². The van der Waals surface area contributed by atoms with E-state index in [4.69, 9.17) is 0 Å². The van der Waals surface area contributed by atoms with Crippen LogP contribution in [0.4, 0.5) is 5.69 Å². The van der Waals surface area contributed by atoms with Crippen molar-refractivity contribution >= 4 is 17.6 Å². The molecule has 1 amide bonds. The van der Waals surface area contributed by atoms with Gasteiger partial charge in [0.2, 0.25) is 5.91 Å². The normalized spacial score (nSPS) is 19.8. The lowest BCUT2D eigenvalue weighted by atomic mass is 9.90. The number of hydrogen-bond donors (Lipinski definition) is 3. The Bertz CT molecular complexity index is 908. The third-order valence-electron chi connectivity index (χ3n) is 6.28. The van der Waals surface area contributed by atoms with E-state index in [-0.39, 0.29) is 11.8 Å². The summed E-state index contributed by atoms with van der Waals surface area (Å²) in [6.07, 6.45) is 0.494. The average molecular weight is 435 g/mol. The number of carbonyl (C=O) groups excluding carboxylic acids is 1. The van der Waals surface area contributed by atoms with Crippen molar-refractivity contribution in [1.29, 1.82) is 0 Å². The molecule has 170 valence electrons. The Morgan fingerprint density at radius 2 is 1.72 bits per heavy atom. The molecule has 1 unspecified atom stereocenters. The Morgan fingerprint density at radius 1 is 1.00 bits per heavy atom. The Labute approximate surface area is 190 Å². The number of nitrogens with one attached hydrogen (secondary N) is 3. The first-order valence-electron chi connectivity index (χ1n) is 11.5. The van der Waals surface area contributed by atoms with Crippen LogP contribution in [0.5, 0.6) is 0 Å². The molecule has 0 bridgehead atoms. The first-order chi connectivity index (χ1) is 15.7. The van der Waals surface area contributed by atoms with E-state index in [1.807, 2.05) is 18.2 Å². The van der Waals surface area contributed by atoms with E-state index in [0.29, 0.717) is 13.0 Å². The molecule has 1 fully saturated rings. The number of carbonyl (C=O) groups is 1. The number of fused-ring (bicyclic) bond motifs is 1. The third-order valence-corrected chi connectivity index (χ3v) is 6.28. The summed E-state index contributed by atoms with van der Waals surface area (Å²) in [5, 5.41) is 9.79. The second-order valence-corrected chi connectivity index (χ2v) is 8.52. The van der Waals surface area contributed by atoms with Crippen LogP contribution in [0.1, 0.15) is 23.5 Å². The largest absolute Gasteiger partial charge is 0.356 e. The van der Waals surface area contributed by atoms with Crippen molar-refractivity contribution in [3.63, 3.8) is 0 Å². The third kappa shape index (κ3) is 6.08. The molecule has 3 N–H and O–H groups in total. The minimum absolute atomic E-state index is 0.0739. The van der Waals surface area contributed by atoms with Crippen LogP contribution < -0.4 is 16.0 Å². The topological polar surface area (TPSA) is 72.0 Å². The summed E-state index contributed by atoms with van der Waals surface area (Å²) in [7, 11) is 1.79. The molecule has 0 aliphatic carbocycles. The number of guanidine groups is 1. The van der Waals surface area contributed by atoms with E-state index in [1.54, 1.807) is 7.05 Å². The van der Waals surface area contributed by atoms with Crippen LogP contribution in [0.2, 0.25) is 0 Å². The minimum Gasteiger partial charge on any atom is -0.356 e. The highest BCUT2D eigenvalue weighted by Crippen LogP contribution is 2.31. The molecular weight excluding hydrogens is 400 g/mol. The van der Waals surface area contributed by atoms with Crippen LogP contribution in [-0.4, -0.2) is 74.5 Å². The van der Waals surface area contributed by atoms with Gasteiger partial charge in [-0.3, -0.25) is 19.6 Å². The highest BCUT2D eigenvalue weighted by atomic mass is 16.1.